The first-order valence-corrected chi connectivity index (χ1v) is 5.94. The van der Waals surface area contributed by atoms with Gasteiger partial charge in [0.05, 0.1) is 0 Å². The van der Waals surface area contributed by atoms with Gasteiger partial charge < -0.3 is 5.32 Å². The van der Waals surface area contributed by atoms with E-state index in [9.17, 15) is 0 Å². The van der Waals surface area contributed by atoms with Gasteiger partial charge in [-0.15, -0.1) is 0 Å². The molecule has 0 aliphatic carbocycles. The first-order chi connectivity index (χ1) is 7.08. The van der Waals surface area contributed by atoms with Crippen molar-refractivity contribution in [1.29, 1.82) is 0 Å². The van der Waals surface area contributed by atoms with Gasteiger partial charge in [-0.3, -0.25) is 0 Å². The van der Waals surface area contributed by atoms with Crippen LogP contribution < -0.4 is 5.32 Å². The molecule has 0 saturated carbocycles. The zero-order valence-electron chi connectivity index (χ0n) is 10.2. The Morgan fingerprint density at radius 1 is 1.27 bits per heavy atom. The summed E-state index contributed by atoms with van der Waals surface area (Å²) in [5.41, 5.74) is 5.68. The number of hydrogen-bond acceptors (Lipinski definition) is 1. The summed E-state index contributed by atoms with van der Waals surface area (Å²) in [5.74, 6) is 0.721. The number of anilines is 1. The number of hydrogen-bond donors (Lipinski definition) is 1. The predicted octanol–water partition coefficient (Wildman–Crippen LogP) is 3.69. The van der Waals surface area contributed by atoms with Crippen molar-refractivity contribution in [2.75, 3.05) is 5.32 Å². The number of fused-ring (bicyclic) bond motifs is 1. The summed E-state index contributed by atoms with van der Waals surface area (Å²) in [6.07, 6.45) is 2.50. The van der Waals surface area contributed by atoms with Gasteiger partial charge in [-0.05, 0) is 43.7 Å². The molecule has 1 N–H and O–H groups in total. The van der Waals surface area contributed by atoms with E-state index >= 15 is 0 Å². The Kier molecular flexibility index (Phi) is 2.72. The van der Waals surface area contributed by atoms with Crippen molar-refractivity contribution in [3.05, 3.63) is 28.8 Å². The van der Waals surface area contributed by atoms with Crippen LogP contribution in [0.15, 0.2) is 12.1 Å². The molecule has 2 rings (SSSR count). The smallest absolute Gasteiger partial charge is 0.0404 e. The monoisotopic (exact) mass is 203 g/mol. The van der Waals surface area contributed by atoms with Gasteiger partial charge in [-0.2, -0.15) is 0 Å². The Hall–Kier alpha value is -0.980. The molecule has 0 spiro atoms. The van der Waals surface area contributed by atoms with Gasteiger partial charge in [0.25, 0.3) is 0 Å². The van der Waals surface area contributed by atoms with E-state index in [1.54, 1.807) is 0 Å². The van der Waals surface area contributed by atoms with Crippen molar-refractivity contribution < 1.29 is 0 Å². The molecule has 1 atom stereocenters. The Bertz CT molecular complexity index is 366. The van der Waals surface area contributed by atoms with Crippen molar-refractivity contribution in [2.45, 2.75) is 46.6 Å². The normalized spacial score (nSPS) is 19.9. The highest BCUT2D eigenvalue weighted by Crippen LogP contribution is 2.31. The highest BCUT2D eigenvalue weighted by Gasteiger charge is 2.21. The number of aryl methyl sites for hydroxylation is 3. The molecule has 1 heterocycles. The summed E-state index contributed by atoms with van der Waals surface area (Å²) in [7, 11) is 0. The number of rotatable bonds is 1. The Balaban J connectivity index is 2.33. The van der Waals surface area contributed by atoms with Crippen LogP contribution in [0.25, 0.3) is 0 Å². The third-order valence-corrected chi connectivity index (χ3v) is 3.42. The zero-order valence-corrected chi connectivity index (χ0v) is 10.2. The van der Waals surface area contributed by atoms with Gasteiger partial charge in [0.2, 0.25) is 0 Å². The van der Waals surface area contributed by atoms with Crippen molar-refractivity contribution in [3.8, 4) is 0 Å². The van der Waals surface area contributed by atoms with Crippen LogP contribution in [0.3, 0.4) is 0 Å². The SMILES string of the molecule is Cc1cc(C)c2c(c1)CCC(C(C)C)N2. The van der Waals surface area contributed by atoms with E-state index in [-0.39, 0.29) is 0 Å². The second kappa shape index (κ2) is 3.88. The maximum absolute atomic E-state index is 3.69. The van der Waals surface area contributed by atoms with Crippen LogP contribution in [0.5, 0.6) is 0 Å². The molecular formula is C14H21N. The predicted molar refractivity (Wildman–Crippen MR) is 66.5 cm³/mol. The molecule has 1 heteroatoms. The number of nitrogens with one attached hydrogen (secondary N) is 1. The quantitative estimate of drug-likeness (QED) is 0.734. The van der Waals surface area contributed by atoms with Gasteiger partial charge in [0.15, 0.2) is 0 Å². The van der Waals surface area contributed by atoms with E-state index < -0.39 is 0 Å². The van der Waals surface area contributed by atoms with Crippen LogP contribution >= 0.6 is 0 Å². The lowest BCUT2D eigenvalue weighted by Gasteiger charge is -2.31. The minimum Gasteiger partial charge on any atom is -0.382 e. The number of benzene rings is 1. The van der Waals surface area contributed by atoms with E-state index in [2.05, 4.69) is 45.1 Å². The lowest BCUT2D eigenvalue weighted by molar-refractivity contribution is 0.482. The van der Waals surface area contributed by atoms with E-state index in [0.717, 1.165) is 5.92 Å². The minimum atomic E-state index is 0.652. The van der Waals surface area contributed by atoms with E-state index in [1.807, 2.05) is 0 Å². The fourth-order valence-electron chi connectivity index (χ4n) is 2.53. The molecule has 1 aromatic carbocycles. The molecular weight excluding hydrogens is 182 g/mol. The molecule has 0 saturated heterocycles. The Labute approximate surface area is 92.9 Å². The minimum absolute atomic E-state index is 0.652. The second-order valence-corrected chi connectivity index (χ2v) is 5.15. The largest absolute Gasteiger partial charge is 0.382 e. The van der Waals surface area contributed by atoms with Crippen LogP contribution in [-0.4, -0.2) is 6.04 Å². The Morgan fingerprint density at radius 2 is 2.00 bits per heavy atom. The molecule has 0 fully saturated rings. The zero-order chi connectivity index (χ0) is 11.0. The van der Waals surface area contributed by atoms with Crippen LogP contribution in [0, 0.1) is 19.8 Å². The standard InChI is InChI=1S/C14H21N/c1-9(2)13-6-5-12-8-10(3)7-11(4)14(12)15-13/h7-9,13,15H,5-6H2,1-4H3. The van der Waals surface area contributed by atoms with Crippen LogP contribution in [-0.2, 0) is 6.42 Å². The van der Waals surface area contributed by atoms with Crippen LogP contribution in [0.2, 0.25) is 0 Å². The third kappa shape index (κ3) is 2.01. The van der Waals surface area contributed by atoms with E-state index in [4.69, 9.17) is 0 Å². The molecule has 82 valence electrons. The fourth-order valence-corrected chi connectivity index (χ4v) is 2.53. The van der Waals surface area contributed by atoms with Gasteiger partial charge in [-0.25, -0.2) is 0 Å². The van der Waals surface area contributed by atoms with Gasteiger partial charge >= 0.3 is 0 Å². The van der Waals surface area contributed by atoms with Gasteiger partial charge in [0.1, 0.15) is 0 Å². The summed E-state index contributed by atoms with van der Waals surface area (Å²) in [6.45, 7) is 8.99. The average molecular weight is 203 g/mol. The lowest BCUT2D eigenvalue weighted by atomic mass is 9.89. The topological polar surface area (TPSA) is 12.0 Å². The Morgan fingerprint density at radius 3 is 2.67 bits per heavy atom. The molecule has 1 unspecified atom stereocenters. The molecule has 0 amide bonds. The van der Waals surface area contributed by atoms with Crippen molar-refractivity contribution in [3.63, 3.8) is 0 Å². The molecule has 1 aromatic rings. The summed E-state index contributed by atoms with van der Waals surface area (Å²) in [4.78, 5) is 0. The third-order valence-electron chi connectivity index (χ3n) is 3.42. The maximum atomic E-state index is 3.69. The van der Waals surface area contributed by atoms with Gasteiger partial charge in [0, 0.05) is 11.7 Å². The van der Waals surface area contributed by atoms with Gasteiger partial charge in [-0.1, -0.05) is 31.5 Å². The molecule has 1 aliphatic heterocycles. The second-order valence-electron chi connectivity index (χ2n) is 5.15. The molecule has 0 aromatic heterocycles. The molecule has 0 bridgehead atoms. The maximum Gasteiger partial charge on any atom is 0.0404 e. The summed E-state index contributed by atoms with van der Waals surface area (Å²) in [5, 5.41) is 3.69. The van der Waals surface area contributed by atoms with Crippen LogP contribution in [0.1, 0.15) is 37.0 Å². The average Bonchev–Trinajstić information content (AvgIpc) is 2.16. The molecule has 0 radical (unpaired) electrons. The van der Waals surface area contributed by atoms with Crippen molar-refractivity contribution in [2.24, 2.45) is 5.92 Å². The highest BCUT2D eigenvalue weighted by atomic mass is 14.9. The van der Waals surface area contributed by atoms with E-state index in [1.165, 1.54) is 35.2 Å². The fraction of sp³-hybridized carbons (Fsp3) is 0.571. The van der Waals surface area contributed by atoms with E-state index in [0.29, 0.717) is 6.04 Å². The van der Waals surface area contributed by atoms with Crippen molar-refractivity contribution >= 4 is 5.69 Å². The first-order valence-electron chi connectivity index (χ1n) is 5.94. The first kappa shape index (κ1) is 10.5. The lowest BCUT2D eigenvalue weighted by Crippen LogP contribution is -2.30. The summed E-state index contributed by atoms with van der Waals surface area (Å²) < 4.78 is 0. The summed E-state index contributed by atoms with van der Waals surface area (Å²) >= 11 is 0. The molecule has 15 heavy (non-hydrogen) atoms. The highest BCUT2D eigenvalue weighted by molar-refractivity contribution is 5.60. The van der Waals surface area contributed by atoms with Crippen molar-refractivity contribution in [1.82, 2.24) is 0 Å². The molecule has 1 aliphatic rings. The summed E-state index contributed by atoms with van der Waals surface area (Å²) in [6, 6.07) is 5.25. The molecule has 1 nitrogen and oxygen atoms in total. The van der Waals surface area contributed by atoms with Crippen LogP contribution in [0.4, 0.5) is 5.69 Å².